The molecule has 1 heterocycles. The number of benzene rings is 2. The molecule has 0 saturated heterocycles. The van der Waals surface area contributed by atoms with Gasteiger partial charge in [-0.05, 0) is 31.5 Å². The minimum atomic E-state index is -0.367. The highest BCUT2D eigenvalue weighted by molar-refractivity contribution is 5.99. The van der Waals surface area contributed by atoms with E-state index in [-0.39, 0.29) is 18.0 Å². The summed E-state index contributed by atoms with van der Waals surface area (Å²) in [6, 6.07) is 16.8. The van der Waals surface area contributed by atoms with Crippen LogP contribution in [0.25, 0.3) is 11.0 Å². The number of nitrogens with zero attached hydrogens (tertiary/aromatic N) is 3. The largest absolute Gasteiger partial charge is 0.296 e. The van der Waals surface area contributed by atoms with Crippen molar-refractivity contribution in [2.45, 2.75) is 20.4 Å². The van der Waals surface area contributed by atoms with Gasteiger partial charge in [0.05, 0.1) is 16.7 Å². The average Bonchev–Trinajstić information content (AvgIpc) is 2.64. The van der Waals surface area contributed by atoms with Gasteiger partial charge in [0.1, 0.15) is 12.2 Å². The molecule has 25 heavy (non-hydrogen) atoms. The van der Waals surface area contributed by atoms with Crippen molar-refractivity contribution in [2.75, 3.05) is 0 Å². The number of aryl methyl sites for hydroxylation is 1. The number of hydrogen-bond donors (Lipinski definition) is 1. The van der Waals surface area contributed by atoms with Gasteiger partial charge in [0.15, 0.2) is 0 Å². The molecule has 0 fully saturated rings. The molecule has 1 N–H and O–H groups in total. The molecule has 0 bridgehead atoms. The molecule has 0 spiro atoms. The monoisotopic (exact) mass is 334 g/mol. The van der Waals surface area contributed by atoms with Crippen LogP contribution in [-0.2, 0) is 11.3 Å². The van der Waals surface area contributed by atoms with Crippen LogP contribution < -0.4 is 11.0 Å². The van der Waals surface area contributed by atoms with E-state index in [2.05, 4.69) is 15.5 Å². The summed E-state index contributed by atoms with van der Waals surface area (Å²) in [4.78, 5) is 28.9. The zero-order valence-corrected chi connectivity index (χ0v) is 14.1. The van der Waals surface area contributed by atoms with Crippen molar-refractivity contribution in [1.82, 2.24) is 15.0 Å². The molecule has 0 radical (unpaired) electrons. The second-order valence-corrected chi connectivity index (χ2v) is 5.68. The third kappa shape index (κ3) is 3.63. The van der Waals surface area contributed by atoms with Gasteiger partial charge in [-0.15, -0.1) is 0 Å². The summed E-state index contributed by atoms with van der Waals surface area (Å²) in [7, 11) is 0. The maximum Gasteiger partial charge on any atom is 0.272 e. The minimum Gasteiger partial charge on any atom is -0.296 e. The van der Waals surface area contributed by atoms with E-state index in [0.29, 0.717) is 22.4 Å². The van der Waals surface area contributed by atoms with Crippen LogP contribution in [0.1, 0.15) is 18.2 Å². The summed E-state index contributed by atoms with van der Waals surface area (Å²) in [5.74, 6) is -0.367. The van der Waals surface area contributed by atoms with Crippen LogP contribution in [-0.4, -0.2) is 21.2 Å². The number of carbonyl (C=O) groups excluding carboxylic acids is 1. The molecule has 0 unspecified atom stereocenters. The van der Waals surface area contributed by atoms with E-state index in [1.807, 2.05) is 55.5 Å². The number of hydrazone groups is 1. The van der Waals surface area contributed by atoms with Gasteiger partial charge >= 0.3 is 0 Å². The number of hydrogen-bond acceptors (Lipinski definition) is 4. The SMILES string of the molecule is C/C(=N\NC(=O)Cn1c(=O)c(C)nc2ccccc21)c1ccccc1. The number of para-hydroxylation sites is 2. The Balaban J connectivity index is 1.83. The second-order valence-electron chi connectivity index (χ2n) is 5.68. The normalized spacial score (nSPS) is 11.5. The first-order chi connectivity index (χ1) is 12.1. The number of amides is 1. The Morgan fingerprint density at radius 3 is 2.56 bits per heavy atom. The van der Waals surface area contributed by atoms with Gasteiger partial charge in [-0.2, -0.15) is 5.10 Å². The van der Waals surface area contributed by atoms with Gasteiger partial charge in [0, 0.05) is 0 Å². The van der Waals surface area contributed by atoms with Gasteiger partial charge in [-0.1, -0.05) is 42.5 Å². The van der Waals surface area contributed by atoms with Gasteiger partial charge in [0.25, 0.3) is 11.5 Å². The number of rotatable bonds is 4. The molecule has 126 valence electrons. The summed E-state index contributed by atoms with van der Waals surface area (Å²) in [5.41, 5.74) is 5.50. The van der Waals surface area contributed by atoms with E-state index < -0.39 is 0 Å². The number of fused-ring (bicyclic) bond motifs is 1. The molecular formula is C19H18N4O2. The van der Waals surface area contributed by atoms with E-state index in [1.165, 1.54) is 4.57 Å². The van der Waals surface area contributed by atoms with E-state index in [0.717, 1.165) is 5.56 Å². The standard InChI is InChI=1S/C19H18N4O2/c1-13(15-8-4-3-5-9-15)21-22-18(24)12-23-17-11-7-6-10-16(17)20-14(2)19(23)25/h3-11H,12H2,1-2H3,(H,22,24)/b21-13+. The summed E-state index contributed by atoms with van der Waals surface area (Å²) < 4.78 is 1.42. The number of aromatic nitrogens is 2. The molecule has 0 aliphatic heterocycles. The van der Waals surface area contributed by atoms with E-state index >= 15 is 0 Å². The summed E-state index contributed by atoms with van der Waals surface area (Å²) >= 11 is 0. The van der Waals surface area contributed by atoms with Crippen LogP contribution in [0.15, 0.2) is 64.5 Å². The van der Waals surface area contributed by atoms with Gasteiger partial charge in [0.2, 0.25) is 0 Å². The Morgan fingerprint density at radius 2 is 1.80 bits per heavy atom. The minimum absolute atomic E-state index is 0.117. The molecule has 6 nitrogen and oxygen atoms in total. The molecule has 3 rings (SSSR count). The highest BCUT2D eigenvalue weighted by atomic mass is 16.2. The van der Waals surface area contributed by atoms with Crippen LogP contribution in [0.2, 0.25) is 0 Å². The smallest absolute Gasteiger partial charge is 0.272 e. The fourth-order valence-corrected chi connectivity index (χ4v) is 2.55. The van der Waals surface area contributed by atoms with E-state index in [1.54, 1.807) is 13.0 Å². The molecule has 0 saturated carbocycles. The zero-order chi connectivity index (χ0) is 17.8. The molecule has 6 heteroatoms. The van der Waals surface area contributed by atoms with Crippen molar-refractivity contribution >= 4 is 22.7 Å². The quantitative estimate of drug-likeness (QED) is 0.587. The Bertz CT molecular complexity index is 1010. The maximum absolute atomic E-state index is 12.4. The highest BCUT2D eigenvalue weighted by Gasteiger charge is 2.11. The van der Waals surface area contributed by atoms with Gasteiger partial charge < -0.3 is 0 Å². The van der Waals surface area contributed by atoms with E-state index in [9.17, 15) is 9.59 Å². The molecule has 0 atom stereocenters. The molecular weight excluding hydrogens is 316 g/mol. The third-order valence-electron chi connectivity index (χ3n) is 3.86. The summed E-state index contributed by atoms with van der Waals surface area (Å²) in [6.07, 6.45) is 0. The Labute approximate surface area is 144 Å². The average molecular weight is 334 g/mol. The first-order valence-corrected chi connectivity index (χ1v) is 7.91. The second kappa shape index (κ2) is 7.09. The Kier molecular flexibility index (Phi) is 4.70. The maximum atomic E-state index is 12.4. The van der Waals surface area contributed by atoms with Crippen molar-refractivity contribution in [3.63, 3.8) is 0 Å². The first kappa shape index (κ1) is 16.6. The molecule has 2 aromatic carbocycles. The van der Waals surface area contributed by atoms with Crippen molar-refractivity contribution in [3.8, 4) is 0 Å². The predicted octanol–water partition coefficient (Wildman–Crippen LogP) is 2.25. The van der Waals surface area contributed by atoms with Crippen LogP contribution in [0.3, 0.4) is 0 Å². The number of nitrogens with one attached hydrogen (secondary N) is 1. The van der Waals surface area contributed by atoms with Crippen molar-refractivity contribution < 1.29 is 4.79 Å². The molecule has 1 amide bonds. The fourth-order valence-electron chi connectivity index (χ4n) is 2.55. The zero-order valence-electron chi connectivity index (χ0n) is 14.1. The number of carbonyl (C=O) groups is 1. The summed E-state index contributed by atoms with van der Waals surface area (Å²) in [5, 5.41) is 4.11. The lowest BCUT2D eigenvalue weighted by atomic mass is 10.1. The predicted molar refractivity (Wildman–Crippen MR) is 97.5 cm³/mol. The topological polar surface area (TPSA) is 76.3 Å². The Morgan fingerprint density at radius 1 is 1.12 bits per heavy atom. The van der Waals surface area contributed by atoms with Crippen LogP contribution in [0, 0.1) is 6.92 Å². The fraction of sp³-hybridized carbons (Fsp3) is 0.158. The van der Waals surface area contributed by atoms with Gasteiger partial charge in [-0.3, -0.25) is 14.2 Å². The highest BCUT2D eigenvalue weighted by Crippen LogP contribution is 2.09. The lowest BCUT2D eigenvalue weighted by molar-refractivity contribution is -0.121. The van der Waals surface area contributed by atoms with Crippen LogP contribution in [0.4, 0.5) is 0 Å². The lowest BCUT2D eigenvalue weighted by Crippen LogP contribution is -2.32. The molecule has 1 aromatic heterocycles. The third-order valence-corrected chi connectivity index (χ3v) is 3.86. The van der Waals surface area contributed by atoms with E-state index in [4.69, 9.17) is 0 Å². The molecule has 3 aromatic rings. The first-order valence-electron chi connectivity index (χ1n) is 7.91. The van der Waals surface area contributed by atoms with Crippen molar-refractivity contribution in [2.24, 2.45) is 5.10 Å². The molecule has 0 aliphatic rings. The lowest BCUT2D eigenvalue weighted by Gasteiger charge is -2.10. The van der Waals surface area contributed by atoms with Crippen LogP contribution >= 0.6 is 0 Å². The van der Waals surface area contributed by atoms with Crippen LogP contribution in [0.5, 0.6) is 0 Å². The molecule has 0 aliphatic carbocycles. The van der Waals surface area contributed by atoms with Gasteiger partial charge in [-0.25, -0.2) is 10.4 Å². The van der Waals surface area contributed by atoms with Crippen molar-refractivity contribution in [3.05, 3.63) is 76.2 Å². The van der Waals surface area contributed by atoms with Crippen molar-refractivity contribution in [1.29, 1.82) is 0 Å². The summed E-state index contributed by atoms with van der Waals surface area (Å²) in [6.45, 7) is 3.34. The Hall–Kier alpha value is -3.28.